The molecular formula is C74H129N3O26. The molecule has 0 aliphatic carbocycles. The zero-order chi connectivity index (χ0) is 84.2. The lowest BCUT2D eigenvalue weighted by Crippen LogP contribution is -2.44. The maximum absolute atomic E-state index is 11.7. The molecule has 0 aromatic rings. The molecule has 13 N–H and O–H groups in total. The second-order valence-corrected chi connectivity index (χ2v) is 31.6. The summed E-state index contributed by atoms with van der Waals surface area (Å²) >= 11 is 0. The van der Waals surface area contributed by atoms with Crippen LogP contribution in [0.15, 0.2) is 12.2 Å². The monoisotopic (exact) mass is 1480 g/mol. The number of Topliss-reactive ketones (excluding diaryl/α,β-unsaturated/α-hetero) is 11. The molecule has 103 heavy (non-hydrogen) atoms. The molecule has 0 aliphatic rings. The minimum absolute atomic E-state index is 0.0000926. The summed E-state index contributed by atoms with van der Waals surface area (Å²) in [6, 6.07) is -1.55. The molecule has 0 bridgehead atoms. The van der Waals surface area contributed by atoms with Crippen molar-refractivity contribution in [3.63, 3.8) is 0 Å². The number of carboxylic acid groups (broad SMARTS) is 5. The van der Waals surface area contributed by atoms with Crippen LogP contribution in [0.5, 0.6) is 0 Å². The molecule has 2 unspecified atom stereocenters. The molecule has 1 amide bonds. The van der Waals surface area contributed by atoms with E-state index in [0.717, 1.165) is 18.6 Å². The molecule has 0 aromatic carbocycles. The molecule has 0 saturated heterocycles. The second kappa shape index (κ2) is 52.4. The van der Waals surface area contributed by atoms with E-state index < -0.39 is 128 Å². The van der Waals surface area contributed by atoms with Gasteiger partial charge in [-0.05, 0) is 51.0 Å². The highest BCUT2D eigenvalue weighted by Crippen LogP contribution is 2.30. The average molecular weight is 1480 g/mol. The van der Waals surface area contributed by atoms with Crippen LogP contribution in [-0.4, -0.2) is 182 Å². The van der Waals surface area contributed by atoms with Gasteiger partial charge in [0.2, 0.25) is 5.91 Å². The lowest BCUT2D eigenvalue weighted by atomic mass is 9.78. The molecule has 29 nitrogen and oxygen atoms in total. The topological polar surface area (TPSA) is 533 Å². The van der Waals surface area contributed by atoms with E-state index in [9.17, 15) is 96.5 Å². The van der Waals surface area contributed by atoms with Crippen molar-refractivity contribution in [1.29, 1.82) is 0 Å². The molecule has 0 saturated carbocycles. The summed E-state index contributed by atoms with van der Waals surface area (Å²) in [6.07, 6.45) is 0.000425. The van der Waals surface area contributed by atoms with Crippen molar-refractivity contribution in [2.45, 2.75) is 294 Å². The zero-order valence-electron chi connectivity index (χ0n) is 66.5. The van der Waals surface area contributed by atoms with Crippen molar-refractivity contribution < 1.29 is 127 Å². The van der Waals surface area contributed by atoms with Crippen LogP contribution in [0.3, 0.4) is 0 Å². The van der Waals surface area contributed by atoms with E-state index in [0.29, 0.717) is 18.9 Å². The molecule has 0 radical (unpaired) electrons. The summed E-state index contributed by atoms with van der Waals surface area (Å²) in [5.41, 5.74) is 5.22. The van der Waals surface area contributed by atoms with E-state index >= 15 is 0 Å². The molecule has 0 fully saturated rings. The van der Waals surface area contributed by atoms with Crippen LogP contribution < -0.4 is 16.8 Å². The molecule has 29 heteroatoms. The van der Waals surface area contributed by atoms with Crippen LogP contribution in [0, 0.1) is 50.2 Å². The van der Waals surface area contributed by atoms with Crippen molar-refractivity contribution >= 4 is 105 Å². The van der Waals surface area contributed by atoms with Gasteiger partial charge in [0, 0.05) is 110 Å². The second-order valence-electron chi connectivity index (χ2n) is 31.6. The van der Waals surface area contributed by atoms with Crippen LogP contribution in [0.1, 0.15) is 264 Å². The smallest absolute Gasteiger partial charge is 0.336 e. The van der Waals surface area contributed by atoms with Crippen molar-refractivity contribution in [3.05, 3.63) is 12.2 Å². The number of hydrogen-bond acceptors (Lipinski definition) is 23. The number of aliphatic hydroxyl groups is 3. The number of allylic oxidation sites excluding steroid dienone is 1. The summed E-state index contributed by atoms with van der Waals surface area (Å²) < 4.78 is 0. The van der Waals surface area contributed by atoms with Gasteiger partial charge in [0.25, 0.3) is 0 Å². The van der Waals surface area contributed by atoms with Gasteiger partial charge < -0.3 is 57.6 Å². The van der Waals surface area contributed by atoms with E-state index in [1.807, 2.05) is 55.4 Å². The lowest BCUT2D eigenvalue weighted by molar-refractivity contribution is -0.168. The van der Waals surface area contributed by atoms with Crippen LogP contribution in [-0.2, 0) is 86.3 Å². The van der Waals surface area contributed by atoms with Gasteiger partial charge in [0.15, 0.2) is 28.7 Å². The summed E-state index contributed by atoms with van der Waals surface area (Å²) in [7, 11) is 0. The van der Waals surface area contributed by atoms with Gasteiger partial charge >= 0.3 is 29.8 Å². The van der Waals surface area contributed by atoms with Gasteiger partial charge in [-0.15, -0.1) is 0 Å². The Hall–Kier alpha value is -7.60. The summed E-state index contributed by atoms with van der Waals surface area (Å²) in [4.78, 5) is 195. The highest BCUT2D eigenvalue weighted by molar-refractivity contribution is 6.36. The number of nitrogens with two attached hydrogens (primary N) is 2. The minimum atomic E-state index is -2.53. The number of carboxylic acids is 5. The highest BCUT2D eigenvalue weighted by Gasteiger charge is 2.43. The first-order chi connectivity index (χ1) is 45.7. The van der Waals surface area contributed by atoms with Gasteiger partial charge in [0.1, 0.15) is 64.5 Å². The number of hydrogen-bond donors (Lipinski definition) is 11. The Morgan fingerprint density at radius 1 is 0.447 bits per heavy atom. The number of aliphatic hydroxyl groups excluding tert-OH is 2. The van der Waals surface area contributed by atoms with E-state index in [-0.39, 0.29) is 115 Å². The first-order valence-electron chi connectivity index (χ1n) is 33.7. The number of carbonyl (C=O) groups excluding carboxylic acids is 13. The Balaban J connectivity index is -0.000000168. The van der Waals surface area contributed by atoms with Crippen molar-refractivity contribution in [1.82, 2.24) is 5.32 Å². The predicted octanol–water partition coefficient (Wildman–Crippen LogP) is 7.91. The SMILES string of the molecule is CC(=O)C(=O)CCC(=O)C(C)C.CC(=O)C(O)CC(=O)C(C)(C)C.CC(=O)CCNC(=O)[C@H](O)C(C)(C)CC(C)C.CC(=O)[C@@H](N)CC(=O)C(C)(C)C.CC(C)(C)C(=O)CC(O)(CC(=O)O)C(=O)O.CC(C)(C)C(=O)CCC(=O)O.CC(C)(C)C(=O)CC[C@H](N)C(=O)O.CC(C)C(=O)/C=C/C(=O)O. The predicted molar refractivity (Wildman–Crippen MR) is 387 cm³/mol. The van der Waals surface area contributed by atoms with Gasteiger partial charge in [0.05, 0.1) is 18.9 Å². The van der Waals surface area contributed by atoms with Crippen molar-refractivity contribution in [2.75, 3.05) is 6.54 Å². The number of ketones is 12. The Morgan fingerprint density at radius 3 is 1.16 bits per heavy atom. The Morgan fingerprint density at radius 2 is 0.854 bits per heavy atom. The summed E-state index contributed by atoms with van der Waals surface area (Å²) in [5, 5.41) is 73.3. The van der Waals surface area contributed by atoms with Gasteiger partial charge in [-0.2, -0.15) is 0 Å². The molecule has 0 rings (SSSR count). The Bertz CT molecular complexity index is 2800. The van der Waals surface area contributed by atoms with E-state index in [1.54, 1.807) is 90.0 Å². The maximum atomic E-state index is 11.7. The van der Waals surface area contributed by atoms with Crippen LogP contribution in [0.2, 0.25) is 0 Å². The highest BCUT2D eigenvalue weighted by atomic mass is 16.4. The number of amides is 1. The molecule has 0 aromatic heterocycles. The van der Waals surface area contributed by atoms with Crippen molar-refractivity contribution in [2.24, 2.45) is 61.7 Å². The van der Waals surface area contributed by atoms with Crippen LogP contribution in [0.4, 0.5) is 0 Å². The third-order valence-corrected chi connectivity index (χ3v) is 14.1. The zero-order valence-corrected chi connectivity index (χ0v) is 66.5. The normalized spacial score (nSPS) is 13.0. The summed E-state index contributed by atoms with van der Waals surface area (Å²) in [5.74, 6) is -8.40. The fourth-order valence-corrected chi connectivity index (χ4v) is 6.67. The lowest BCUT2D eigenvalue weighted by Gasteiger charge is -2.31. The quantitative estimate of drug-likeness (QED) is 0.0219. The van der Waals surface area contributed by atoms with Gasteiger partial charge in [-0.1, -0.05) is 159 Å². The van der Waals surface area contributed by atoms with E-state index in [1.165, 1.54) is 27.7 Å². The van der Waals surface area contributed by atoms with Crippen LogP contribution in [0.25, 0.3) is 0 Å². The van der Waals surface area contributed by atoms with Crippen molar-refractivity contribution in [3.8, 4) is 0 Å². The fraction of sp³-hybridized carbons (Fsp3) is 0.730. The number of aliphatic carboxylic acids is 5. The van der Waals surface area contributed by atoms with E-state index in [2.05, 4.69) is 19.2 Å². The largest absolute Gasteiger partial charge is 0.481 e. The molecule has 0 spiro atoms. The standard InChI is InChI=1S/C13H25NO3.C10H16O6.C9H17NO3.C9H17NO2.C9H16O3.C9H14O3.C8H14O3.C7H10O3/c1-9(2)8-13(4,5)11(16)12(17)14-7-6-10(3)15;1-9(2,3)6(11)4-10(16,8(14)15)5-7(12)13;1-9(2,3)7(11)5-4-6(10)8(12)13;1-6(11)7(10)5-8(12)9(2,3)4;1-6(10)7(11)5-8(12)9(2,3)4;1-6(2)8(11)4-5-9(12)7(3)10;1-8(2,3)6(9)4-5-7(10)11;1-5(2)6(8)3-4-7(9)10/h9,11,16H,6-8H2,1-5H3,(H,14,17);16H,4-5H2,1-3H3,(H,12,13)(H,14,15);6H,4-5,10H2,1-3H3,(H,12,13);7H,5,10H2,1-4H3;7,11H,5H2,1-4H3;6H,4-5H2,1-3H3;4-5H2,1-3H3,(H,10,11);3-5H,1-2H3,(H,9,10)/b;;;;;;;4-3+/t11-;;6-;7-;;;;/m0.00..../s1. The minimum Gasteiger partial charge on any atom is -0.481 e. The maximum Gasteiger partial charge on any atom is 0.336 e. The van der Waals surface area contributed by atoms with Gasteiger partial charge in [-0.25, -0.2) is 9.59 Å². The van der Waals surface area contributed by atoms with Crippen LogP contribution >= 0.6 is 0 Å². The number of carbonyl (C=O) groups is 18. The average Bonchev–Trinajstić information content (AvgIpc) is 0.841. The molecule has 0 heterocycles. The Labute approximate surface area is 609 Å². The summed E-state index contributed by atoms with van der Waals surface area (Å²) in [6.45, 7) is 46.8. The number of rotatable bonds is 33. The molecule has 596 valence electrons. The first kappa shape index (κ1) is 111. The fourth-order valence-electron chi connectivity index (χ4n) is 6.67. The third kappa shape index (κ3) is 64.9. The first-order valence-corrected chi connectivity index (χ1v) is 33.7. The molecule has 0 aliphatic heterocycles. The van der Waals surface area contributed by atoms with Gasteiger partial charge in [-0.3, -0.25) is 76.7 Å². The number of nitrogens with one attached hydrogen (secondary N) is 1. The molecular weight excluding hydrogens is 1350 g/mol. The van der Waals surface area contributed by atoms with E-state index in [4.69, 9.17) is 42.1 Å². The third-order valence-electron chi connectivity index (χ3n) is 14.1. The Kier molecular flexibility index (Phi) is 56.6. The molecule has 5 atom stereocenters.